The Hall–Kier alpha value is -1.82. The van der Waals surface area contributed by atoms with E-state index in [1.54, 1.807) is 30.9 Å². The van der Waals surface area contributed by atoms with Gasteiger partial charge in [0.05, 0.1) is 12.5 Å². The van der Waals surface area contributed by atoms with E-state index in [0.29, 0.717) is 12.4 Å². The van der Waals surface area contributed by atoms with Crippen molar-refractivity contribution >= 4 is 15.7 Å². The molecule has 0 spiro atoms. The molecule has 6 heteroatoms. The van der Waals surface area contributed by atoms with Crippen molar-refractivity contribution in [3.05, 3.63) is 42.5 Å². The van der Waals surface area contributed by atoms with Crippen LogP contribution in [0.25, 0.3) is 0 Å². The molecule has 0 amide bonds. The molecule has 2 heterocycles. The zero-order chi connectivity index (χ0) is 12.3. The van der Waals surface area contributed by atoms with Crippen LogP contribution in [0, 0.1) is 0 Å². The average molecular weight is 252 g/mol. The predicted molar refractivity (Wildman–Crippen MR) is 63.4 cm³/mol. The Balaban J connectivity index is 2.22. The summed E-state index contributed by atoms with van der Waals surface area (Å²) in [6.07, 6.45) is 5.86. The second kappa shape index (κ2) is 4.58. The molecule has 0 saturated heterocycles. The quantitative estimate of drug-likeness (QED) is 0.896. The first kappa shape index (κ1) is 11.7. The maximum absolute atomic E-state index is 11.5. The molecule has 17 heavy (non-hydrogen) atoms. The molecule has 0 aromatic carbocycles. The Kier molecular flexibility index (Phi) is 3.14. The van der Waals surface area contributed by atoms with E-state index in [1.807, 2.05) is 0 Å². The van der Waals surface area contributed by atoms with Gasteiger partial charge in [-0.1, -0.05) is 0 Å². The Bertz CT molecular complexity index is 591. The van der Waals surface area contributed by atoms with E-state index in [4.69, 9.17) is 4.42 Å². The summed E-state index contributed by atoms with van der Waals surface area (Å²) in [5.74, 6) is 0.358. The predicted octanol–water partition coefficient (Wildman–Crippen LogP) is 1.69. The lowest BCUT2D eigenvalue weighted by atomic mass is 10.3. The zero-order valence-corrected chi connectivity index (χ0v) is 10.1. The zero-order valence-electron chi connectivity index (χ0n) is 9.25. The maximum atomic E-state index is 11.5. The molecule has 90 valence electrons. The lowest BCUT2D eigenvalue weighted by Crippen LogP contribution is -2.07. The van der Waals surface area contributed by atoms with E-state index in [2.05, 4.69) is 10.3 Å². The highest BCUT2D eigenvalue weighted by atomic mass is 32.2. The van der Waals surface area contributed by atoms with Crippen molar-refractivity contribution in [1.29, 1.82) is 0 Å². The van der Waals surface area contributed by atoms with Crippen LogP contribution >= 0.6 is 0 Å². The van der Waals surface area contributed by atoms with Crippen LogP contribution in [0.15, 0.2) is 46.2 Å². The minimum atomic E-state index is -3.27. The lowest BCUT2D eigenvalue weighted by molar-refractivity contribution is 0.564. The molecule has 0 aliphatic carbocycles. The second-order valence-corrected chi connectivity index (χ2v) is 5.59. The van der Waals surface area contributed by atoms with Gasteiger partial charge in [-0.25, -0.2) is 13.4 Å². The largest absolute Gasteiger partial charge is 0.472 e. The van der Waals surface area contributed by atoms with Crippen molar-refractivity contribution < 1.29 is 12.8 Å². The van der Waals surface area contributed by atoms with Crippen molar-refractivity contribution in [3.63, 3.8) is 0 Å². The third-order valence-electron chi connectivity index (χ3n) is 2.21. The van der Waals surface area contributed by atoms with E-state index >= 15 is 0 Å². The van der Waals surface area contributed by atoms with Gasteiger partial charge in [-0.05, 0) is 18.2 Å². The minimum absolute atomic E-state index is 0.198. The molecule has 0 radical (unpaired) electrons. The number of anilines is 1. The molecule has 0 unspecified atom stereocenters. The number of aromatic nitrogens is 1. The Morgan fingerprint density at radius 1 is 1.41 bits per heavy atom. The van der Waals surface area contributed by atoms with Gasteiger partial charge in [0.2, 0.25) is 0 Å². The number of nitrogens with one attached hydrogen (secondary N) is 1. The highest BCUT2D eigenvalue weighted by Crippen LogP contribution is 2.18. The van der Waals surface area contributed by atoms with Gasteiger partial charge in [0.15, 0.2) is 9.84 Å². The van der Waals surface area contributed by atoms with E-state index in [1.165, 1.54) is 6.07 Å². The molecule has 5 nitrogen and oxygen atoms in total. The Morgan fingerprint density at radius 2 is 2.24 bits per heavy atom. The summed E-state index contributed by atoms with van der Waals surface area (Å²) in [4.78, 5) is 4.22. The molecule has 2 aromatic rings. The molecule has 1 N–H and O–H groups in total. The summed E-state index contributed by atoms with van der Waals surface area (Å²) in [5, 5.41) is 2.97. The van der Waals surface area contributed by atoms with Crippen LogP contribution in [0.1, 0.15) is 5.56 Å². The number of rotatable bonds is 4. The topological polar surface area (TPSA) is 72.2 Å². The third kappa shape index (κ3) is 2.85. The van der Waals surface area contributed by atoms with Gasteiger partial charge in [-0.3, -0.25) is 0 Å². The van der Waals surface area contributed by atoms with E-state index in [-0.39, 0.29) is 4.90 Å². The first-order chi connectivity index (χ1) is 8.07. The summed E-state index contributed by atoms with van der Waals surface area (Å²) in [6.45, 7) is 0.468. The van der Waals surface area contributed by atoms with Gasteiger partial charge in [0.25, 0.3) is 0 Å². The van der Waals surface area contributed by atoms with Crippen LogP contribution in [0.3, 0.4) is 0 Å². The van der Waals surface area contributed by atoms with Crippen molar-refractivity contribution in [2.75, 3.05) is 11.6 Å². The van der Waals surface area contributed by atoms with Crippen LogP contribution in [-0.4, -0.2) is 19.7 Å². The van der Waals surface area contributed by atoms with Gasteiger partial charge in [0.1, 0.15) is 10.7 Å². The van der Waals surface area contributed by atoms with Gasteiger partial charge < -0.3 is 9.73 Å². The van der Waals surface area contributed by atoms with Crippen LogP contribution < -0.4 is 5.32 Å². The van der Waals surface area contributed by atoms with Crippen LogP contribution in [0.4, 0.5) is 5.82 Å². The van der Waals surface area contributed by atoms with Crippen molar-refractivity contribution in [1.82, 2.24) is 4.98 Å². The molecular formula is C11H12N2O3S. The Morgan fingerprint density at radius 3 is 2.88 bits per heavy atom. The van der Waals surface area contributed by atoms with Gasteiger partial charge in [0, 0.05) is 24.6 Å². The van der Waals surface area contributed by atoms with Gasteiger partial charge in [-0.2, -0.15) is 0 Å². The molecule has 0 fully saturated rings. The molecule has 0 aliphatic rings. The standard InChI is InChI=1S/C11H12N2O3S/c1-17(14,15)10-3-2-5-12-11(10)13-7-9-4-6-16-8-9/h2-6,8H,7H2,1H3,(H,12,13). The number of hydrogen-bond donors (Lipinski definition) is 1. The first-order valence-corrected chi connectivity index (χ1v) is 6.86. The summed E-state index contributed by atoms with van der Waals surface area (Å²) < 4.78 is 28.0. The number of pyridine rings is 1. The number of sulfone groups is 1. The summed E-state index contributed by atoms with van der Waals surface area (Å²) in [5.41, 5.74) is 0.926. The number of furan rings is 1. The third-order valence-corrected chi connectivity index (χ3v) is 3.34. The maximum Gasteiger partial charge on any atom is 0.179 e. The van der Waals surface area contributed by atoms with Crippen LogP contribution in [-0.2, 0) is 16.4 Å². The minimum Gasteiger partial charge on any atom is -0.472 e. The monoisotopic (exact) mass is 252 g/mol. The van der Waals surface area contributed by atoms with E-state index in [9.17, 15) is 8.42 Å². The second-order valence-electron chi connectivity index (χ2n) is 3.61. The first-order valence-electron chi connectivity index (χ1n) is 4.97. The molecule has 2 aromatic heterocycles. The van der Waals surface area contributed by atoms with Crippen molar-refractivity contribution in [2.24, 2.45) is 0 Å². The number of nitrogens with zero attached hydrogens (tertiary/aromatic N) is 1. The molecule has 2 rings (SSSR count). The summed E-state index contributed by atoms with van der Waals surface area (Å²) in [6, 6.07) is 4.93. The molecule has 0 saturated carbocycles. The van der Waals surface area contributed by atoms with Crippen molar-refractivity contribution in [3.8, 4) is 0 Å². The SMILES string of the molecule is CS(=O)(=O)c1cccnc1NCc1ccoc1. The molecule has 0 atom stereocenters. The van der Waals surface area contributed by atoms with Gasteiger partial charge in [-0.15, -0.1) is 0 Å². The lowest BCUT2D eigenvalue weighted by Gasteiger charge is -2.08. The fraction of sp³-hybridized carbons (Fsp3) is 0.182. The molecular weight excluding hydrogens is 240 g/mol. The van der Waals surface area contributed by atoms with Crippen molar-refractivity contribution in [2.45, 2.75) is 11.4 Å². The molecule has 0 aliphatic heterocycles. The highest BCUT2D eigenvalue weighted by molar-refractivity contribution is 7.90. The normalized spacial score (nSPS) is 11.4. The summed E-state index contributed by atoms with van der Waals surface area (Å²) in [7, 11) is -3.27. The van der Waals surface area contributed by atoms with Gasteiger partial charge >= 0.3 is 0 Å². The van der Waals surface area contributed by atoms with Crippen LogP contribution in [0.5, 0.6) is 0 Å². The molecule has 0 bridgehead atoms. The number of hydrogen-bond acceptors (Lipinski definition) is 5. The fourth-order valence-electron chi connectivity index (χ4n) is 1.40. The summed E-state index contributed by atoms with van der Waals surface area (Å²) >= 11 is 0. The fourth-order valence-corrected chi connectivity index (χ4v) is 2.20. The smallest absolute Gasteiger partial charge is 0.179 e. The van der Waals surface area contributed by atoms with E-state index in [0.717, 1.165) is 11.8 Å². The highest BCUT2D eigenvalue weighted by Gasteiger charge is 2.13. The average Bonchev–Trinajstić information content (AvgIpc) is 2.78. The van der Waals surface area contributed by atoms with Crippen LogP contribution in [0.2, 0.25) is 0 Å². The Labute approximate surface area is 99.4 Å². The van der Waals surface area contributed by atoms with E-state index < -0.39 is 9.84 Å².